The molecule has 44 heavy (non-hydrogen) atoms. The Hall–Kier alpha value is -3.39. The predicted molar refractivity (Wildman–Crippen MR) is 171 cm³/mol. The smallest absolute Gasteiger partial charge is 0.343 e. The van der Waals surface area contributed by atoms with Gasteiger partial charge in [-0.25, -0.2) is 9.59 Å². The van der Waals surface area contributed by atoms with Crippen LogP contribution in [0.5, 0.6) is 11.5 Å². The molecule has 0 aliphatic rings. The minimum absolute atomic E-state index is 0.202. The third-order valence-electron chi connectivity index (χ3n) is 7.57. The van der Waals surface area contributed by atoms with Gasteiger partial charge in [0.2, 0.25) is 0 Å². The lowest BCUT2D eigenvalue weighted by Gasteiger charge is -2.19. The molecule has 2 aromatic rings. The van der Waals surface area contributed by atoms with Crippen molar-refractivity contribution in [3.05, 3.63) is 59.7 Å². The van der Waals surface area contributed by atoms with Crippen molar-refractivity contribution < 1.29 is 38.4 Å². The molecule has 8 heteroatoms. The molecule has 1 atom stereocenters. The number of carbonyl (C=O) groups is 3. The van der Waals surface area contributed by atoms with E-state index in [4.69, 9.17) is 18.9 Å². The van der Waals surface area contributed by atoms with Gasteiger partial charge in [-0.05, 0) is 81.1 Å². The van der Waals surface area contributed by atoms with E-state index in [0.29, 0.717) is 48.4 Å². The molecule has 0 aliphatic heterocycles. The van der Waals surface area contributed by atoms with Crippen molar-refractivity contribution >= 4 is 17.9 Å². The van der Waals surface area contributed by atoms with Gasteiger partial charge in [0, 0.05) is 0 Å². The summed E-state index contributed by atoms with van der Waals surface area (Å²) in [6.45, 7) is 8.68. The summed E-state index contributed by atoms with van der Waals surface area (Å²) in [6, 6.07) is 13.3. The van der Waals surface area contributed by atoms with Crippen LogP contribution in [0, 0.1) is 11.3 Å². The molecule has 1 N–H and O–H groups in total. The van der Waals surface area contributed by atoms with Crippen molar-refractivity contribution in [3.63, 3.8) is 0 Å². The lowest BCUT2D eigenvalue weighted by atomic mass is 9.95. The molecule has 1 unspecified atom stereocenters. The molecule has 2 aromatic carbocycles. The molecule has 0 bridgehead atoms. The summed E-state index contributed by atoms with van der Waals surface area (Å²) in [7, 11) is 0. The van der Waals surface area contributed by atoms with Crippen LogP contribution in [-0.2, 0) is 14.3 Å². The molecule has 0 fully saturated rings. The maximum Gasteiger partial charge on any atom is 0.343 e. The first kappa shape index (κ1) is 36.8. The number of benzene rings is 2. The summed E-state index contributed by atoms with van der Waals surface area (Å²) in [6.07, 6.45) is 12.2. The van der Waals surface area contributed by atoms with Crippen molar-refractivity contribution in [3.8, 4) is 11.5 Å². The lowest BCUT2D eigenvalue weighted by molar-refractivity contribution is -0.156. The zero-order valence-corrected chi connectivity index (χ0v) is 27.1. The van der Waals surface area contributed by atoms with Gasteiger partial charge in [-0.15, -0.1) is 0 Å². The van der Waals surface area contributed by atoms with Crippen LogP contribution < -0.4 is 9.47 Å². The van der Waals surface area contributed by atoms with E-state index in [2.05, 4.69) is 0 Å². The second-order valence-electron chi connectivity index (χ2n) is 12.1. The third-order valence-corrected chi connectivity index (χ3v) is 7.57. The summed E-state index contributed by atoms with van der Waals surface area (Å²) >= 11 is 0. The van der Waals surface area contributed by atoms with Gasteiger partial charge in [-0.2, -0.15) is 0 Å². The fourth-order valence-corrected chi connectivity index (χ4v) is 4.16. The first-order valence-electron chi connectivity index (χ1n) is 16.2. The Morgan fingerprint density at radius 1 is 0.682 bits per heavy atom. The van der Waals surface area contributed by atoms with E-state index in [0.717, 1.165) is 38.5 Å². The van der Waals surface area contributed by atoms with Gasteiger partial charge >= 0.3 is 17.9 Å². The molecule has 0 spiro atoms. The highest BCUT2D eigenvalue weighted by Crippen LogP contribution is 2.19. The van der Waals surface area contributed by atoms with E-state index >= 15 is 0 Å². The molecule has 8 nitrogen and oxygen atoms in total. The first-order chi connectivity index (χ1) is 21.2. The van der Waals surface area contributed by atoms with Gasteiger partial charge in [0.25, 0.3) is 0 Å². The Balaban J connectivity index is 1.51. The molecule has 0 aromatic heterocycles. The molecular formula is C36H52O8. The van der Waals surface area contributed by atoms with Gasteiger partial charge in [0.1, 0.15) is 11.5 Å². The molecule has 2 rings (SSSR count). The number of carbonyl (C=O) groups excluding carboxylic acids is 3. The fraction of sp³-hybridized carbons (Fsp3) is 0.583. The highest BCUT2D eigenvalue weighted by Gasteiger charge is 2.28. The van der Waals surface area contributed by atoms with E-state index in [1.807, 2.05) is 13.8 Å². The second kappa shape index (κ2) is 20.5. The van der Waals surface area contributed by atoms with Crippen LogP contribution in [0.4, 0.5) is 0 Å². The van der Waals surface area contributed by atoms with E-state index in [-0.39, 0.29) is 18.5 Å². The normalized spacial score (nSPS) is 11.9. The molecule has 0 heterocycles. The quantitative estimate of drug-likeness (QED) is 0.0811. The Morgan fingerprint density at radius 3 is 1.68 bits per heavy atom. The standard InChI is InChI=1S/C36H52O8/c1-5-28(2)26-43-33(38)29-18-22-32(23-19-29)44-34(39)30-16-20-31(21-17-30)41-24-14-12-10-8-6-7-9-11-13-15-25-42-35(40)36(3,4)27-37/h16-23,28,37H,5-15,24-27H2,1-4H3. The minimum Gasteiger partial charge on any atom is -0.494 e. The average molecular weight is 613 g/mol. The van der Waals surface area contributed by atoms with E-state index in [9.17, 15) is 19.5 Å². The molecule has 0 saturated heterocycles. The molecule has 0 amide bonds. The minimum atomic E-state index is -0.820. The van der Waals surface area contributed by atoms with Crippen molar-refractivity contribution in [2.45, 2.75) is 98.3 Å². The molecule has 0 radical (unpaired) electrons. The van der Waals surface area contributed by atoms with Crippen molar-refractivity contribution in [1.82, 2.24) is 0 Å². The van der Waals surface area contributed by atoms with Crippen LogP contribution in [0.2, 0.25) is 0 Å². The molecule has 0 aliphatic carbocycles. The summed E-state index contributed by atoms with van der Waals surface area (Å²) in [5, 5.41) is 9.18. The summed E-state index contributed by atoms with van der Waals surface area (Å²) in [5.41, 5.74) is 0.0132. The highest BCUT2D eigenvalue weighted by molar-refractivity contribution is 5.92. The largest absolute Gasteiger partial charge is 0.494 e. The maximum atomic E-state index is 12.5. The van der Waals surface area contributed by atoms with Crippen LogP contribution in [-0.4, -0.2) is 49.4 Å². The van der Waals surface area contributed by atoms with Crippen LogP contribution in [0.1, 0.15) is 119 Å². The maximum absolute atomic E-state index is 12.5. The van der Waals surface area contributed by atoms with Gasteiger partial charge in [-0.3, -0.25) is 4.79 Å². The van der Waals surface area contributed by atoms with Crippen LogP contribution in [0.3, 0.4) is 0 Å². The summed E-state index contributed by atoms with van der Waals surface area (Å²) < 4.78 is 21.8. The predicted octanol–water partition coefficient (Wildman–Crippen LogP) is 7.95. The number of rotatable bonds is 22. The summed E-state index contributed by atoms with van der Waals surface area (Å²) in [4.78, 5) is 36.5. The average Bonchev–Trinajstić information content (AvgIpc) is 3.03. The first-order valence-corrected chi connectivity index (χ1v) is 16.2. The zero-order chi connectivity index (χ0) is 32.2. The number of esters is 3. The topological polar surface area (TPSA) is 108 Å². The molecule has 244 valence electrons. The Labute approximate surface area is 263 Å². The van der Waals surface area contributed by atoms with Gasteiger partial charge in [-0.1, -0.05) is 71.6 Å². The Morgan fingerprint density at radius 2 is 1.16 bits per heavy atom. The van der Waals surface area contributed by atoms with E-state index in [1.165, 1.54) is 32.1 Å². The number of ether oxygens (including phenoxy) is 4. The number of aliphatic hydroxyl groups is 1. The van der Waals surface area contributed by atoms with Crippen LogP contribution in [0.15, 0.2) is 48.5 Å². The number of hydrogen-bond acceptors (Lipinski definition) is 8. The van der Waals surface area contributed by atoms with Crippen molar-refractivity contribution in [2.24, 2.45) is 11.3 Å². The summed E-state index contributed by atoms with van der Waals surface area (Å²) in [5.74, 6) is 0.180. The molecular weight excluding hydrogens is 560 g/mol. The van der Waals surface area contributed by atoms with Crippen LogP contribution in [0.25, 0.3) is 0 Å². The molecule has 0 saturated carbocycles. The van der Waals surface area contributed by atoms with Gasteiger partial charge in [0.05, 0.1) is 43.0 Å². The number of unbranched alkanes of at least 4 members (excludes halogenated alkanes) is 9. The lowest BCUT2D eigenvalue weighted by Crippen LogP contribution is -2.30. The SMILES string of the molecule is CCC(C)COC(=O)c1ccc(OC(=O)c2ccc(OCCCCCCCCCCCCOC(=O)C(C)(C)CO)cc2)cc1. The Bertz CT molecular complexity index is 1110. The van der Waals surface area contributed by atoms with Crippen LogP contribution >= 0.6 is 0 Å². The Kier molecular flexibility index (Phi) is 17.2. The highest BCUT2D eigenvalue weighted by atomic mass is 16.5. The van der Waals surface area contributed by atoms with E-state index in [1.54, 1.807) is 62.4 Å². The number of hydrogen-bond donors (Lipinski definition) is 1. The van der Waals surface area contributed by atoms with Crippen molar-refractivity contribution in [1.29, 1.82) is 0 Å². The number of aliphatic hydroxyl groups excluding tert-OH is 1. The zero-order valence-electron chi connectivity index (χ0n) is 27.1. The van der Waals surface area contributed by atoms with Gasteiger partial charge in [0.15, 0.2) is 0 Å². The third kappa shape index (κ3) is 14.4. The van der Waals surface area contributed by atoms with Gasteiger partial charge < -0.3 is 24.1 Å². The fourth-order valence-electron chi connectivity index (χ4n) is 4.16. The van der Waals surface area contributed by atoms with Crippen molar-refractivity contribution in [2.75, 3.05) is 26.4 Å². The monoisotopic (exact) mass is 612 g/mol. The second-order valence-corrected chi connectivity index (χ2v) is 12.1. The van der Waals surface area contributed by atoms with E-state index < -0.39 is 11.4 Å².